The zero-order valence-corrected chi connectivity index (χ0v) is 39.8. The highest BCUT2D eigenvalue weighted by Gasteiger charge is 2.26. The maximum Gasteiger partial charge on any atom is 0.472 e. The summed E-state index contributed by atoms with van der Waals surface area (Å²) in [5.74, 6) is -0.880. The molecule has 0 aromatic carbocycles. The average molecular weight is 868 g/mol. The Bertz CT molecular complexity index is 1080. The van der Waals surface area contributed by atoms with E-state index in [1.165, 1.54) is 161 Å². The molecule has 0 radical (unpaired) electrons. The molecule has 0 aromatic rings. The number of phosphoric acid groups is 1. The predicted octanol–water partition coefficient (Wildman–Crippen LogP) is 14.9. The first kappa shape index (κ1) is 58.2. The molecule has 352 valence electrons. The zero-order chi connectivity index (χ0) is 43.9. The highest BCUT2D eigenvalue weighted by atomic mass is 31.2. The summed E-state index contributed by atoms with van der Waals surface area (Å²) in [6, 6.07) is 0. The van der Waals surface area contributed by atoms with E-state index < -0.39 is 32.5 Å². The Hall–Kier alpha value is -1.77. The molecule has 0 spiro atoms. The monoisotopic (exact) mass is 868 g/mol. The van der Waals surface area contributed by atoms with E-state index in [2.05, 4.69) is 50.3 Å². The molecule has 0 bridgehead atoms. The van der Waals surface area contributed by atoms with Crippen molar-refractivity contribution in [2.24, 2.45) is 5.73 Å². The molecular formula is C50H94NO8P. The third-order valence-corrected chi connectivity index (χ3v) is 11.8. The Kier molecular flexibility index (Phi) is 45.3. The van der Waals surface area contributed by atoms with Crippen LogP contribution in [-0.4, -0.2) is 49.3 Å². The van der Waals surface area contributed by atoms with E-state index in [0.717, 1.165) is 38.5 Å². The van der Waals surface area contributed by atoms with Crippen LogP contribution in [0.25, 0.3) is 0 Å². The number of esters is 2. The first-order valence-electron chi connectivity index (χ1n) is 25.0. The van der Waals surface area contributed by atoms with Crippen LogP contribution >= 0.6 is 7.82 Å². The van der Waals surface area contributed by atoms with Crippen LogP contribution in [0.3, 0.4) is 0 Å². The van der Waals surface area contributed by atoms with Gasteiger partial charge in [0, 0.05) is 19.4 Å². The molecule has 60 heavy (non-hydrogen) atoms. The maximum atomic E-state index is 12.6. The fraction of sp³-hybridized carbons (Fsp3) is 0.840. The molecule has 3 N–H and O–H groups in total. The number of allylic oxidation sites excluding steroid dienone is 6. The minimum Gasteiger partial charge on any atom is -0.462 e. The number of rotatable bonds is 47. The van der Waals surface area contributed by atoms with Crippen molar-refractivity contribution in [3.05, 3.63) is 36.5 Å². The van der Waals surface area contributed by atoms with E-state index in [9.17, 15) is 19.0 Å². The third kappa shape index (κ3) is 45.7. The Morgan fingerprint density at radius 2 is 0.883 bits per heavy atom. The zero-order valence-electron chi connectivity index (χ0n) is 38.9. The third-order valence-electron chi connectivity index (χ3n) is 10.8. The second kappa shape index (κ2) is 46.7. The van der Waals surface area contributed by atoms with Crippen LogP contribution in [0, 0.1) is 0 Å². The van der Waals surface area contributed by atoms with Gasteiger partial charge in [0.2, 0.25) is 0 Å². The van der Waals surface area contributed by atoms with E-state index in [0.29, 0.717) is 12.8 Å². The smallest absolute Gasteiger partial charge is 0.462 e. The predicted molar refractivity (Wildman–Crippen MR) is 252 cm³/mol. The Balaban J connectivity index is 4.09. The van der Waals surface area contributed by atoms with Crippen molar-refractivity contribution in [1.29, 1.82) is 0 Å². The Morgan fingerprint density at radius 3 is 1.33 bits per heavy atom. The van der Waals surface area contributed by atoms with Crippen molar-refractivity contribution in [2.45, 2.75) is 245 Å². The lowest BCUT2D eigenvalue weighted by molar-refractivity contribution is -0.161. The number of hydrogen-bond donors (Lipinski definition) is 2. The number of unbranched alkanes of at least 4 members (excludes halogenated alkanes) is 28. The maximum absolute atomic E-state index is 12.6. The summed E-state index contributed by atoms with van der Waals surface area (Å²) in [4.78, 5) is 35.0. The number of ether oxygens (including phenoxy) is 2. The first-order valence-corrected chi connectivity index (χ1v) is 26.5. The van der Waals surface area contributed by atoms with Gasteiger partial charge in [0.15, 0.2) is 6.10 Å². The standard InChI is InChI=1S/C50H94NO8P/c1-3-5-7-9-11-13-15-17-19-21-22-23-24-25-27-29-31-33-35-37-39-41-43-50(53)59-48(47-58-60(54,55)57-45-44-51)46-56-49(52)42-40-38-36-34-32-30-28-26-20-18-16-14-12-10-8-6-4-2/h18,20,28,30,34,36,48H,3-17,19,21-27,29,31-33,35,37-47,51H2,1-2H3,(H,54,55)/b20-18+,30-28+,36-34+/t48-/m1/s1. The van der Waals surface area contributed by atoms with Gasteiger partial charge in [-0.05, 0) is 44.9 Å². The van der Waals surface area contributed by atoms with Gasteiger partial charge in [-0.25, -0.2) is 4.57 Å². The minimum atomic E-state index is -4.39. The lowest BCUT2D eigenvalue weighted by Gasteiger charge is -2.19. The van der Waals surface area contributed by atoms with Crippen LogP contribution in [0.1, 0.15) is 239 Å². The SMILES string of the molecule is CCCCCCCC/C=C/C/C=C/C/C=C/CCCC(=O)OC[C@H](COP(=O)(O)OCCN)OC(=O)CCCCCCCCCCCCCCCCCCCCCCCC. The van der Waals surface area contributed by atoms with Gasteiger partial charge in [-0.2, -0.15) is 0 Å². The van der Waals surface area contributed by atoms with Crippen LogP contribution in [0.5, 0.6) is 0 Å². The molecule has 0 saturated carbocycles. The molecule has 2 atom stereocenters. The summed E-state index contributed by atoms with van der Waals surface area (Å²) in [6.07, 6.45) is 53.4. The van der Waals surface area contributed by atoms with Gasteiger partial charge in [-0.1, -0.05) is 217 Å². The van der Waals surface area contributed by atoms with Crippen LogP contribution in [0.15, 0.2) is 36.5 Å². The van der Waals surface area contributed by atoms with Crippen molar-refractivity contribution in [3.8, 4) is 0 Å². The van der Waals surface area contributed by atoms with Crippen molar-refractivity contribution >= 4 is 19.8 Å². The van der Waals surface area contributed by atoms with Crippen molar-refractivity contribution in [2.75, 3.05) is 26.4 Å². The van der Waals surface area contributed by atoms with Crippen LogP contribution in [0.4, 0.5) is 0 Å². The molecule has 0 rings (SSSR count). The van der Waals surface area contributed by atoms with Gasteiger partial charge in [0.25, 0.3) is 0 Å². The fourth-order valence-corrected chi connectivity index (χ4v) is 7.83. The lowest BCUT2D eigenvalue weighted by Crippen LogP contribution is -2.29. The highest BCUT2D eigenvalue weighted by Crippen LogP contribution is 2.43. The molecule has 10 heteroatoms. The largest absolute Gasteiger partial charge is 0.472 e. The number of carbonyl (C=O) groups excluding carboxylic acids is 2. The van der Waals surface area contributed by atoms with Crippen LogP contribution in [0.2, 0.25) is 0 Å². The molecule has 0 amide bonds. The average Bonchev–Trinajstić information content (AvgIpc) is 3.24. The minimum absolute atomic E-state index is 0.0480. The van der Waals surface area contributed by atoms with Crippen LogP contribution < -0.4 is 5.73 Å². The van der Waals surface area contributed by atoms with E-state index >= 15 is 0 Å². The quantitative estimate of drug-likeness (QED) is 0.0265. The second-order valence-corrected chi connectivity index (χ2v) is 18.1. The van der Waals surface area contributed by atoms with E-state index in [1.807, 2.05) is 0 Å². The van der Waals surface area contributed by atoms with Gasteiger partial charge in [0.05, 0.1) is 13.2 Å². The summed E-state index contributed by atoms with van der Waals surface area (Å²) in [6.45, 7) is 3.71. The summed E-state index contributed by atoms with van der Waals surface area (Å²) in [7, 11) is -4.39. The number of nitrogens with two attached hydrogens (primary N) is 1. The molecule has 0 fully saturated rings. The summed E-state index contributed by atoms with van der Waals surface area (Å²) in [5, 5.41) is 0. The molecular weight excluding hydrogens is 774 g/mol. The van der Waals surface area contributed by atoms with Crippen LogP contribution in [-0.2, 0) is 32.7 Å². The number of hydrogen-bond acceptors (Lipinski definition) is 8. The van der Waals surface area contributed by atoms with Crippen molar-refractivity contribution in [3.63, 3.8) is 0 Å². The van der Waals surface area contributed by atoms with Gasteiger partial charge >= 0.3 is 19.8 Å². The van der Waals surface area contributed by atoms with Crippen molar-refractivity contribution in [1.82, 2.24) is 0 Å². The van der Waals surface area contributed by atoms with Gasteiger partial charge in [-0.3, -0.25) is 18.6 Å². The van der Waals surface area contributed by atoms with Gasteiger partial charge < -0.3 is 20.1 Å². The van der Waals surface area contributed by atoms with E-state index in [-0.39, 0.29) is 32.6 Å². The Morgan fingerprint density at radius 1 is 0.500 bits per heavy atom. The van der Waals surface area contributed by atoms with E-state index in [4.69, 9.17) is 24.3 Å². The topological polar surface area (TPSA) is 134 Å². The van der Waals surface area contributed by atoms with E-state index in [1.54, 1.807) is 0 Å². The summed E-state index contributed by atoms with van der Waals surface area (Å²) >= 11 is 0. The molecule has 0 aliphatic rings. The Labute approximate surface area is 369 Å². The van der Waals surface area contributed by atoms with Crippen molar-refractivity contribution < 1.29 is 37.6 Å². The number of phosphoric ester groups is 1. The number of carbonyl (C=O) groups is 2. The summed E-state index contributed by atoms with van der Waals surface area (Å²) < 4.78 is 32.8. The highest BCUT2D eigenvalue weighted by molar-refractivity contribution is 7.47. The molecule has 0 aliphatic heterocycles. The first-order chi connectivity index (χ1) is 29.3. The molecule has 0 saturated heterocycles. The lowest BCUT2D eigenvalue weighted by atomic mass is 10.0. The summed E-state index contributed by atoms with van der Waals surface area (Å²) in [5.41, 5.74) is 5.36. The molecule has 0 heterocycles. The fourth-order valence-electron chi connectivity index (χ4n) is 7.06. The van der Waals surface area contributed by atoms with Gasteiger partial charge in [0.1, 0.15) is 6.61 Å². The second-order valence-electron chi connectivity index (χ2n) is 16.7. The molecule has 0 aromatic heterocycles. The molecule has 9 nitrogen and oxygen atoms in total. The normalized spacial score (nSPS) is 13.5. The van der Waals surface area contributed by atoms with Gasteiger partial charge in [-0.15, -0.1) is 0 Å². The molecule has 0 aliphatic carbocycles. The molecule has 1 unspecified atom stereocenters.